The first kappa shape index (κ1) is 11.2. The van der Waals surface area contributed by atoms with Gasteiger partial charge in [-0.3, -0.25) is 0 Å². The Morgan fingerprint density at radius 3 is 2.93 bits per heavy atom. The summed E-state index contributed by atoms with van der Waals surface area (Å²) in [5.74, 6) is 0. The molecule has 4 heteroatoms. The third kappa shape index (κ3) is 2.47. The van der Waals surface area contributed by atoms with Crippen LogP contribution in [0.15, 0.2) is 22.7 Å². The maximum absolute atomic E-state index is 6.21. The van der Waals surface area contributed by atoms with Crippen LogP contribution >= 0.6 is 27.5 Å². The van der Waals surface area contributed by atoms with E-state index >= 15 is 0 Å². The fraction of sp³-hybridized carbons (Fsp3) is 0.455. The monoisotopic (exact) mass is 288 g/mol. The summed E-state index contributed by atoms with van der Waals surface area (Å²) >= 11 is 9.62. The normalized spacial score (nSPS) is 21.0. The van der Waals surface area contributed by atoms with Crippen molar-refractivity contribution in [1.82, 2.24) is 5.32 Å². The molecule has 1 aromatic rings. The summed E-state index contributed by atoms with van der Waals surface area (Å²) in [5, 5.41) is 4.12. The van der Waals surface area contributed by atoms with Crippen LogP contribution in [-0.2, 0) is 0 Å². The Balaban J connectivity index is 2.17. The van der Waals surface area contributed by atoms with Gasteiger partial charge >= 0.3 is 0 Å². The van der Waals surface area contributed by atoms with Gasteiger partial charge in [0.2, 0.25) is 0 Å². The van der Waals surface area contributed by atoms with Crippen LogP contribution in [0.3, 0.4) is 0 Å². The Labute approximate surface area is 104 Å². The van der Waals surface area contributed by atoms with Crippen LogP contribution in [0.5, 0.6) is 0 Å². The molecular formula is C11H14BrClN2. The number of nitrogens with one attached hydrogen (secondary N) is 1. The number of anilines is 1. The lowest BCUT2D eigenvalue weighted by molar-refractivity contribution is 0.617. The molecule has 0 radical (unpaired) electrons. The molecule has 15 heavy (non-hydrogen) atoms. The molecule has 0 saturated carbocycles. The molecule has 1 saturated heterocycles. The minimum absolute atomic E-state index is 0.588. The number of likely N-dealkylation sites (N-methyl/N-ethyl adjacent to an activating group) is 1. The Morgan fingerprint density at radius 2 is 2.33 bits per heavy atom. The average Bonchev–Trinajstić information content (AvgIpc) is 2.66. The summed E-state index contributed by atoms with van der Waals surface area (Å²) in [6, 6.07) is 6.65. The van der Waals surface area contributed by atoms with Crippen LogP contribution in [0.4, 0.5) is 5.69 Å². The number of hydrogen-bond acceptors (Lipinski definition) is 2. The molecule has 0 amide bonds. The van der Waals surface area contributed by atoms with Crippen molar-refractivity contribution in [1.29, 1.82) is 0 Å². The van der Waals surface area contributed by atoms with Gasteiger partial charge < -0.3 is 10.2 Å². The zero-order valence-corrected chi connectivity index (χ0v) is 11.0. The maximum atomic E-state index is 6.21. The number of benzene rings is 1. The fourth-order valence-electron chi connectivity index (χ4n) is 1.95. The zero-order valence-electron chi connectivity index (χ0n) is 8.63. The second-order valence-corrected chi connectivity index (χ2v) is 5.14. The highest BCUT2D eigenvalue weighted by atomic mass is 79.9. The Bertz CT molecular complexity index is 356. The van der Waals surface area contributed by atoms with Crippen LogP contribution < -0.4 is 10.2 Å². The van der Waals surface area contributed by atoms with E-state index in [1.54, 1.807) is 0 Å². The first-order valence-electron chi connectivity index (χ1n) is 5.08. The van der Waals surface area contributed by atoms with Crippen molar-refractivity contribution >= 4 is 33.2 Å². The second kappa shape index (κ2) is 4.73. The largest absolute Gasteiger partial charge is 0.369 e. The second-order valence-electron chi connectivity index (χ2n) is 3.82. The Kier molecular flexibility index (Phi) is 3.54. The Morgan fingerprint density at radius 1 is 1.53 bits per heavy atom. The minimum Gasteiger partial charge on any atom is -0.369 e. The molecule has 1 atom stereocenters. The number of hydrogen-bond donors (Lipinski definition) is 1. The smallest absolute Gasteiger partial charge is 0.0650 e. The molecule has 0 bridgehead atoms. The summed E-state index contributed by atoms with van der Waals surface area (Å²) in [5.41, 5.74) is 1.14. The van der Waals surface area contributed by atoms with Crippen molar-refractivity contribution < 1.29 is 0 Å². The predicted molar refractivity (Wildman–Crippen MR) is 68.8 cm³/mol. The summed E-state index contributed by atoms with van der Waals surface area (Å²) < 4.78 is 1.03. The average molecular weight is 290 g/mol. The van der Waals surface area contributed by atoms with Crippen LogP contribution in [0.25, 0.3) is 0 Å². The van der Waals surface area contributed by atoms with Gasteiger partial charge in [-0.05, 0) is 31.7 Å². The molecule has 0 aromatic heterocycles. The lowest BCUT2D eigenvalue weighted by Crippen LogP contribution is -2.29. The first-order valence-corrected chi connectivity index (χ1v) is 6.25. The molecule has 0 spiro atoms. The van der Waals surface area contributed by atoms with E-state index in [-0.39, 0.29) is 0 Å². The van der Waals surface area contributed by atoms with Gasteiger partial charge in [0.25, 0.3) is 0 Å². The van der Waals surface area contributed by atoms with E-state index in [4.69, 9.17) is 11.6 Å². The molecule has 2 nitrogen and oxygen atoms in total. The van der Waals surface area contributed by atoms with Gasteiger partial charge in [-0.1, -0.05) is 27.5 Å². The summed E-state index contributed by atoms with van der Waals surface area (Å²) in [6.07, 6.45) is 1.18. The highest BCUT2D eigenvalue weighted by molar-refractivity contribution is 9.10. The van der Waals surface area contributed by atoms with E-state index in [1.807, 2.05) is 19.2 Å². The van der Waals surface area contributed by atoms with Crippen molar-refractivity contribution in [2.75, 3.05) is 25.0 Å². The number of rotatable bonds is 2. The molecule has 1 unspecified atom stereocenters. The van der Waals surface area contributed by atoms with Crippen LogP contribution in [0.1, 0.15) is 6.42 Å². The SMILES string of the molecule is CNC1CCN(c2ccc(Br)cc2Cl)C1. The van der Waals surface area contributed by atoms with Gasteiger partial charge in [0.15, 0.2) is 0 Å². The quantitative estimate of drug-likeness (QED) is 0.900. The standard InChI is InChI=1S/C11H14BrClN2/c1-14-9-4-5-15(7-9)11-3-2-8(12)6-10(11)13/h2-3,6,9,14H,4-5,7H2,1H3. The van der Waals surface area contributed by atoms with Gasteiger partial charge in [0.1, 0.15) is 0 Å². The first-order chi connectivity index (χ1) is 7.20. The molecular weight excluding hydrogens is 275 g/mol. The van der Waals surface area contributed by atoms with Crippen molar-refractivity contribution in [3.8, 4) is 0 Å². The van der Waals surface area contributed by atoms with Gasteiger partial charge in [0, 0.05) is 23.6 Å². The molecule has 1 aliphatic heterocycles. The molecule has 1 aromatic carbocycles. The highest BCUT2D eigenvalue weighted by Gasteiger charge is 2.22. The van der Waals surface area contributed by atoms with Crippen molar-refractivity contribution in [2.24, 2.45) is 0 Å². The van der Waals surface area contributed by atoms with E-state index in [9.17, 15) is 0 Å². The molecule has 82 valence electrons. The third-order valence-corrected chi connectivity index (χ3v) is 3.64. The minimum atomic E-state index is 0.588. The molecule has 0 aliphatic carbocycles. The lowest BCUT2D eigenvalue weighted by Gasteiger charge is -2.20. The van der Waals surface area contributed by atoms with Crippen LogP contribution in [0.2, 0.25) is 5.02 Å². The molecule has 1 N–H and O–H groups in total. The maximum Gasteiger partial charge on any atom is 0.0650 e. The van der Waals surface area contributed by atoms with Gasteiger partial charge in [-0.25, -0.2) is 0 Å². The number of nitrogens with zero attached hydrogens (tertiary/aromatic N) is 1. The van der Waals surface area contributed by atoms with E-state index in [2.05, 4.69) is 32.2 Å². The van der Waals surface area contributed by atoms with Crippen LogP contribution in [-0.4, -0.2) is 26.2 Å². The molecule has 1 heterocycles. The van der Waals surface area contributed by atoms with E-state index in [1.165, 1.54) is 6.42 Å². The predicted octanol–water partition coefficient (Wildman–Crippen LogP) is 2.90. The molecule has 1 fully saturated rings. The lowest BCUT2D eigenvalue weighted by atomic mass is 10.3. The van der Waals surface area contributed by atoms with Gasteiger partial charge in [0.05, 0.1) is 10.7 Å². The van der Waals surface area contributed by atoms with Gasteiger partial charge in [-0.15, -0.1) is 0 Å². The summed E-state index contributed by atoms with van der Waals surface area (Å²) in [7, 11) is 2.01. The van der Waals surface area contributed by atoms with E-state index < -0.39 is 0 Å². The summed E-state index contributed by atoms with van der Waals surface area (Å²) in [4.78, 5) is 2.33. The van der Waals surface area contributed by atoms with Crippen molar-refractivity contribution in [3.63, 3.8) is 0 Å². The Hall–Kier alpha value is -0.250. The van der Waals surface area contributed by atoms with Crippen molar-refractivity contribution in [3.05, 3.63) is 27.7 Å². The highest BCUT2D eigenvalue weighted by Crippen LogP contribution is 2.31. The molecule has 2 rings (SSSR count). The third-order valence-electron chi connectivity index (χ3n) is 2.85. The van der Waals surface area contributed by atoms with Crippen molar-refractivity contribution in [2.45, 2.75) is 12.5 Å². The van der Waals surface area contributed by atoms with Crippen LogP contribution in [0, 0.1) is 0 Å². The zero-order chi connectivity index (χ0) is 10.8. The van der Waals surface area contributed by atoms with E-state index in [0.29, 0.717) is 6.04 Å². The number of halogens is 2. The summed E-state index contributed by atoms with van der Waals surface area (Å²) in [6.45, 7) is 2.12. The topological polar surface area (TPSA) is 15.3 Å². The molecule has 1 aliphatic rings. The van der Waals surface area contributed by atoms with Gasteiger partial charge in [-0.2, -0.15) is 0 Å². The fourth-order valence-corrected chi connectivity index (χ4v) is 2.75. The van der Waals surface area contributed by atoms with E-state index in [0.717, 1.165) is 28.3 Å².